The van der Waals surface area contributed by atoms with Gasteiger partial charge < -0.3 is 16.0 Å². The molecular weight excluding hydrogens is 240 g/mol. The fraction of sp³-hybridized carbons (Fsp3) is 0.929. The summed E-state index contributed by atoms with van der Waals surface area (Å²) >= 11 is 0. The average molecular weight is 270 g/mol. The molecule has 1 amide bonds. The van der Waals surface area contributed by atoms with E-state index >= 15 is 0 Å². The molecule has 1 heterocycles. The molecule has 1 fully saturated rings. The highest BCUT2D eigenvalue weighted by atomic mass is 16.2. The van der Waals surface area contributed by atoms with Gasteiger partial charge in [0.05, 0.1) is 6.04 Å². The number of likely N-dealkylation sites (N-methyl/N-ethyl adjacent to an activating group) is 1. The van der Waals surface area contributed by atoms with Gasteiger partial charge in [-0.2, -0.15) is 0 Å². The Morgan fingerprint density at radius 3 is 2.32 bits per heavy atom. The van der Waals surface area contributed by atoms with Crippen LogP contribution >= 0.6 is 0 Å². The SMILES string of the molecule is CCC(N)C(=O)NCC(C(C)C)N1CCN(C)CC1. The van der Waals surface area contributed by atoms with Crippen LogP contribution in [0.1, 0.15) is 27.2 Å². The summed E-state index contributed by atoms with van der Waals surface area (Å²) in [6.45, 7) is 11.4. The van der Waals surface area contributed by atoms with E-state index in [1.54, 1.807) is 0 Å². The second-order valence-electron chi connectivity index (χ2n) is 5.91. The van der Waals surface area contributed by atoms with Crippen LogP contribution < -0.4 is 11.1 Å². The first-order chi connectivity index (χ1) is 8.95. The van der Waals surface area contributed by atoms with Gasteiger partial charge in [-0.3, -0.25) is 9.69 Å². The molecule has 1 aliphatic heterocycles. The zero-order valence-corrected chi connectivity index (χ0v) is 12.9. The predicted octanol–water partition coefficient (Wildman–Crippen LogP) is 0.112. The molecule has 0 aliphatic carbocycles. The molecule has 2 atom stereocenters. The van der Waals surface area contributed by atoms with Gasteiger partial charge in [0.2, 0.25) is 5.91 Å². The lowest BCUT2D eigenvalue weighted by Crippen LogP contribution is -2.55. The highest BCUT2D eigenvalue weighted by molar-refractivity contribution is 5.81. The highest BCUT2D eigenvalue weighted by Gasteiger charge is 2.25. The van der Waals surface area contributed by atoms with Crippen LogP contribution in [0.3, 0.4) is 0 Å². The Kier molecular flexibility index (Phi) is 6.75. The van der Waals surface area contributed by atoms with E-state index < -0.39 is 0 Å². The normalized spacial score (nSPS) is 21.4. The monoisotopic (exact) mass is 270 g/mol. The minimum absolute atomic E-state index is 0.0257. The molecule has 1 rings (SSSR count). The van der Waals surface area contributed by atoms with Gasteiger partial charge >= 0.3 is 0 Å². The fourth-order valence-corrected chi connectivity index (χ4v) is 2.46. The van der Waals surface area contributed by atoms with Crippen LogP contribution in [-0.2, 0) is 4.79 Å². The molecule has 0 saturated carbocycles. The lowest BCUT2D eigenvalue weighted by molar-refractivity contribution is -0.122. The summed E-state index contributed by atoms with van der Waals surface area (Å²) in [4.78, 5) is 16.6. The number of hydrogen-bond donors (Lipinski definition) is 2. The summed E-state index contributed by atoms with van der Waals surface area (Å²) in [5, 5.41) is 3.00. The van der Waals surface area contributed by atoms with E-state index in [0.717, 1.165) is 26.2 Å². The number of hydrogen-bond acceptors (Lipinski definition) is 4. The maximum absolute atomic E-state index is 11.8. The average Bonchev–Trinajstić information content (AvgIpc) is 2.39. The van der Waals surface area contributed by atoms with Gasteiger partial charge in [-0.1, -0.05) is 20.8 Å². The van der Waals surface area contributed by atoms with E-state index in [2.05, 4.69) is 36.0 Å². The summed E-state index contributed by atoms with van der Waals surface area (Å²) in [6.07, 6.45) is 0.687. The summed E-state index contributed by atoms with van der Waals surface area (Å²) < 4.78 is 0. The number of piperazine rings is 1. The molecule has 1 saturated heterocycles. The summed E-state index contributed by atoms with van der Waals surface area (Å²) in [5.74, 6) is 0.504. The molecule has 0 aromatic heterocycles. The van der Waals surface area contributed by atoms with E-state index in [0.29, 0.717) is 24.9 Å². The molecule has 0 radical (unpaired) electrons. The minimum atomic E-state index is -0.375. The summed E-state index contributed by atoms with van der Waals surface area (Å²) in [6, 6.07) is 0.0296. The minimum Gasteiger partial charge on any atom is -0.353 e. The first kappa shape index (κ1) is 16.4. The van der Waals surface area contributed by atoms with E-state index in [-0.39, 0.29) is 11.9 Å². The Morgan fingerprint density at radius 2 is 1.84 bits per heavy atom. The molecule has 2 unspecified atom stereocenters. The van der Waals surface area contributed by atoms with Crippen LogP contribution in [0.15, 0.2) is 0 Å². The van der Waals surface area contributed by atoms with Gasteiger partial charge in [0, 0.05) is 38.8 Å². The van der Waals surface area contributed by atoms with E-state index in [1.807, 2.05) is 6.92 Å². The second kappa shape index (κ2) is 7.82. The van der Waals surface area contributed by atoms with Crippen molar-refractivity contribution in [1.29, 1.82) is 0 Å². The Balaban J connectivity index is 2.47. The molecule has 112 valence electrons. The van der Waals surface area contributed by atoms with Crippen LogP contribution in [0.5, 0.6) is 0 Å². The summed E-state index contributed by atoms with van der Waals surface area (Å²) in [7, 11) is 2.16. The molecule has 0 aromatic rings. The maximum atomic E-state index is 11.8. The second-order valence-corrected chi connectivity index (χ2v) is 5.91. The summed E-state index contributed by atoms with van der Waals surface area (Å²) in [5.41, 5.74) is 5.74. The third kappa shape index (κ3) is 5.09. The molecule has 0 spiro atoms. The van der Waals surface area contributed by atoms with Crippen molar-refractivity contribution in [3.63, 3.8) is 0 Å². The predicted molar refractivity (Wildman–Crippen MR) is 79.0 cm³/mol. The van der Waals surface area contributed by atoms with E-state index in [1.165, 1.54) is 0 Å². The quantitative estimate of drug-likeness (QED) is 0.719. The van der Waals surface area contributed by atoms with Crippen molar-refractivity contribution >= 4 is 5.91 Å². The van der Waals surface area contributed by atoms with Crippen LogP contribution in [0.2, 0.25) is 0 Å². The zero-order valence-electron chi connectivity index (χ0n) is 12.9. The molecule has 0 bridgehead atoms. The lowest BCUT2D eigenvalue weighted by atomic mass is 10.0. The van der Waals surface area contributed by atoms with Gasteiger partial charge in [0.25, 0.3) is 0 Å². The van der Waals surface area contributed by atoms with Crippen LogP contribution in [0, 0.1) is 5.92 Å². The molecule has 5 heteroatoms. The molecule has 5 nitrogen and oxygen atoms in total. The molecule has 0 aromatic carbocycles. The number of carbonyl (C=O) groups excluding carboxylic acids is 1. The standard InChI is InChI=1S/C14H30N4O/c1-5-12(15)14(19)16-10-13(11(2)3)18-8-6-17(4)7-9-18/h11-13H,5-10,15H2,1-4H3,(H,16,19). The number of nitrogens with zero attached hydrogens (tertiary/aromatic N) is 2. The first-order valence-corrected chi connectivity index (χ1v) is 7.41. The van der Waals surface area contributed by atoms with Crippen molar-refractivity contribution in [2.75, 3.05) is 39.8 Å². The van der Waals surface area contributed by atoms with Gasteiger partial charge in [-0.25, -0.2) is 0 Å². The Labute approximate surface area is 117 Å². The number of nitrogens with one attached hydrogen (secondary N) is 1. The number of nitrogens with two attached hydrogens (primary N) is 1. The van der Waals surface area contributed by atoms with Crippen molar-refractivity contribution in [3.8, 4) is 0 Å². The largest absolute Gasteiger partial charge is 0.353 e. The molecule has 19 heavy (non-hydrogen) atoms. The lowest BCUT2D eigenvalue weighted by Gasteiger charge is -2.40. The molecule has 1 aliphatic rings. The topological polar surface area (TPSA) is 61.6 Å². The Bertz CT molecular complexity index is 275. The van der Waals surface area contributed by atoms with Gasteiger partial charge in [-0.05, 0) is 19.4 Å². The Hall–Kier alpha value is -0.650. The number of rotatable bonds is 6. The van der Waals surface area contributed by atoms with Crippen molar-refractivity contribution < 1.29 is 4.79 Å². The van der Waals surface area contributed by atoms with Crippen molar-refractivity contribution in [2.45, 2.75) is 39.3 Å². The van der Waals surface area contributed by atoms with Crippen molar-refractivity contribution in [2.24, 2.45) is 11.7 Å². The molecular formula is C14H30N4O. The number of amides is 1. The molecule has 3 N–H and O–H groups in total. The van der Waals surface area contributed by atoms with Crippen LogP contribution in [-0.4, -0.2) is 67.6 Å². The van der Waals surface area contributed by atoms with Gasteiger partial charge in [0.1, 0.15) is 0 Å². The van der Waals surface area contributed by atoms with Crippen LogP contribution in [0.4, 0.5) is 0 Å². The third-order valence-corrected chi connectivity index (χ3v) is 4.04. The Morgan fingerprint density at radius 1 is 1.26 bits per heavy atom. The van der Waals surface area contributed by atoms with Crippen molar-refractivity contribution in [1.82, 2.24) is 15.1 Å². The van der Waals surface area contributed by atoms with Gasteiger partial charge in [-0.15, -0.1) is 0 Å². The van der Waals surface area contributed by atoms with Gasteiger partial charge in [0.15, 0.2) is 0 Å². The first-order valence-electron chi connectivity index (χ1n) is 7.41. The van der Waals surface area contributed by atoms with E-state index in [9.17, 15) is 4.79 Å². The number of carbonyl (C=O) groups is 1. The zero-order chi connectivity index (χ0) is 14.4. The van der Waals surface area contributed by atoms with Crippen molar-refractivity contribution in [3.05, 3.63) is 0 Å². The maximum Gasteiger partial charge on any atom is 0.236 e. The van der Waals surface area contributed by atoms with E-state index in [4.69, 9.17) is 5.73 Å². The fourth-order valence-electron chi connectivity index (χ4n) is 2.46. The smallest absolute Gasteiger partial charge is 0.236 e. The van der Waals surface area contributed by atoms with Crippen LogP contribution in [0.25, 0.3) is 0 Å². The third-order valence-electron chi connectivity index (χ3n) is 4.04. The highest BCUT2D eigenvalue weighted by Crippen LogP contribution is 2.12.